The smallest absolute Gasteiger partial charge is 0.208 e. The molecule has 6 heteroatoms. The molecular formula is C9H9ClN4S. The van der Waals surface area contributed by atoms with Crippen molar-refractivity contribution in [2.75, 3.05) is 0 Å². The van der Waals surface area contributed by atoms with Gasteiger partial charge in [-0.15, -0.1) is 5.10 Å². The second kappa shape index (κ2) is 4.63. The highest BCUT2D eigenvalue weighted by Crippen LogP contribution is 2.19. The Morgan fingerprint density at radius 1 is 1.53 bits per heavy atom. The zero-order valence-corrected chi connectivity index (χ0v) is 9.64. The predicted molar refractivity (Wildman–Crippen MR) is 59.9 cm³/mol. The van der Waals surface area contributed by atoms with Gasteiger partial charge in [-0.05, 0) is 19.1 Å². The number of aryl methyl sites for hydroxylation is 1. The summed E-state index contributed by atoms with van der Waals surface area (Å²) in [6, 6.07) is 3.60. The van der Waals surface area contributed by atoms with E-state index in [0.717, 1.165) is 22.4 Å². The zero-order chi connectivity index (χ0) is 10.7. The minimum atomic E-state index is 0.701. The molecule has 0 aliphatic carbocycles. The second-order valence-electron chi connectivity index (χ2n) is 2.96. The van der Waals surface area contributed by atoms with Crippen LogP contribution in [-0.2, 0) is 5.75 Å². The number of pyridine rings is 1. The van der Waals surface area contributed by atoms with Gasteiger partial charge in [0.15, 0.2) is 0 Å². The van der Waals surface area contributed by atoms with Gasteiger partial charge in [-0.2, -0.15) is 0 Å². The summed E-state index contributed by atoms with van der Waals surface area (Å²) in [5, 5.41) is 8.24. The van der Waals surface area contributed by atoms with Gasteiger partial charge in [0.25, 0.3) is 0 Å². The van der Waals surface area contributed by atoms with Gasteiger partial charge in [0, 0.05) is 17.0 Å². The van der Waals surface area contributed by atoms with Gasteiger partial charge >= 0.3 is 0 Å². The summed E-state index contributed by atoms with van der Waals surface area (Å²) in [6.45, 7) is 1.87. The molecule has 0 saturated heterocycles. The number of halogens is 1. The molecule has 0 aliphatic heterocycles. The molecule has 2 aromatic rings. The first-order chi connectivity index (χ1) is 7.24. The van der Waals surface area contributed by atoms with E-state index in [9.17, 15) is 0 Å². The monoisotopic (exact) mass is 240 g/mol. The van der Waals surface area contributed by atoms with Crippen LogP contribution in [-0.4, -0.2) is 20.2 Å². The lowest BCUT2D eigenvalue weighted by atomic mass is 10.4. The molecule has 0 bridgehead atoms. The fourth-order valence-electron chi connectivity index (χ4n) is 1.05. The third kappa shape index (κ3) is 2.94. The average molecular weight is 241 g/mol. The van der Waals surface area contributed by atoms with Gasteiger partial charge in [0.1, 0.15) is 5.82 Å². The summed E-state index contributed by atoms with van der Waals surface area (Å²) in [5.74, 6) is 1.54. The number of rotatable bonds is 3. The molecule has 4 nitrogen and oxygen atoms in total. The summed E-state index contributed by atoms with van der Waals surface area (Å²) in [4.78, 5) is 8.37. The molecule has 0 radical (unpaired) electrons. The van der Waals surface area contributed by atoms with Crippen LogP contribution >= 0.6 is 23.4 Å². The van der Waals surface area contributed by atoms with Crippen LogP contribution in [0.25, 0.3) is 0 Å². The number of aromatic nitrogens is 4. The average Bonchev–Trinajstić information content (AvgIpc) is 2.62. The van der Waals surface area contributed by atoms with Gasteiger partial charge in [-0.25, -0.2) is 4.98 Å². The Hall–Kier alpha value is -1.07. The molecule has 0 saturated carbocycles. The maximum Gasteiger partial charge on any atom is 0.208 e. The first-order valence-electron chi connectivity index (χ1n) is 4.36. The van der Waals surface area contributed by atoms with E-state index in [1.54, 1.807) is 12.3 Å². The molecule has 0 aliphatic rings. The van der Waals surface area contributed by atoms with Crippen molar-refractivity contribution < 1.29 is 0 Å². The first kappa shape index (κ1) is 10.4. The minimum Gasteiger partial charge on any atom is -0.262 e. The van der Waals surface area contributed by atoms with Crippen molar-refractivity contribution in [3.8, 4) is 0 Å². The lowest BCUT2D eigenvalue weighted by Gasteiger charge is -1.97. The summed E-state index contributed by atoms with van der Waals surface area (Å²) in [6.07, 6.45) is 1.70. The standard InChI is InChI=1S/C9H9ClN4S/c1-6-12-9(14-13-6)15-5-8-4-7(10)2-3-11-8/h2-4H,5H2,1H3,(H,12,13,14). The number of hydrogen-bond donors (Lipinski definition) is 1. The number of nitrogens with zero attached hydrogens (tertiary/aromatic N) is 3. The summed E-state index contributed by atoms with van der Waals surface area (Å²) >= 11 is 7.37. The van der Waals surface area contributed by atoms with E-state index in [-0.39, 0.29) is 0 Å². The highest BCUT2D eigenvalue weighted by atomic mass is 35.5. The third-order valence-electron chi connectivity index (χ3n) is 1.70. The second-order valence-corrected chi connectivity index (χ2v) is 4.34. The van der Waals surface area contributed by atoms with E-state index >= 15 is 0 Å². The van der Waals surface area contributed by atoms with Gasteiger partial charge in [-0.1, -0.05) is 23.4 Å². The minimum absolute atomic E-state index is 0.701. The molecule has 15 heavy (non-hydrogen) atoms. The Morgan fingerprint density at radius 3 is 3.07 bits per heavy atom. The van der Waals surface area contributed by atoms with Crippen LogP contribution in [0.3, 0.4) is 0 Å². The molecule has 1 N–H and O–H groups in total. The fourth-order valence-corrected chi connectivity index (χ4v) is 1.98. The highest BCUT2D eigenvalue weighted by Gasteiger charge is 2.02. The first-order valence-corrected chi connectivity index (χ1v) is 5.72. The van der Waals surface area contributed by atoms with Crippen molar-refractivity contribution in [1.29, 1.82) is 0 Å². The van der Waals surface area contributed by atoms with E-state index in [2.05, 4.69) is 20.2 Å². The number of nitrogens with one attached hydrogen (secondary N) is 1. The molecule has 0 amide bonds. The van der Waals surface area contributed by atoms with Crippen LogP contribution in [0, 0.1) is 6.92 Å². The Morgan fingerprint density at radius 2 is 2.40 bits per heavy atom. The Labute approximate surface area is 96.5 Å². The molecule has 0 fully saturated rings. The van der Waals surface area contributed by atoms with Crippen LogP contribution in [0.5, 0.6) is 0 Å². The lowest BCUT2D eigenvalue weighted by Crippen LogP contribution is -1.86. The van der Waals surface area contributed by atoms with E-state index in [0.29, 0.717) is 5.02 Å². The summed E-state index contributed by atoms with van der Waals surface area (Å²) in [5.41, 5.74) is 0.926. The molecule has 2 rings (SSSR count). The normalized spacial score (nSPS) is 10.5. The van der Waals surface area contributed by atoms with Gasteiger partial charge in [0.2, 0.25) is 5.16 Å². The van der Waals surface area contributed by atoms with Gasteiger partial charge < -0.3 is 0 Å². The SMILES string of the molecule is Cc1nc(SCc2cc(Cl)ccn2)n[nH]1. The third-order valence-corrected chi connectivity index (χ3v) is 2.82. The molecule has 0 atom stereocenters. The molecule has 2 aromatic heterocycles. The number of hydrogen-bond acceptors (Lipinski definition) is 4. The predicted octanol–water partition coefficient (Wildman–Crippen LogP) is 2.45. The molecule has 0 unspecified atom stereocenters. The number of H-pyrrole nitrogens is 1. The molecule has 78 valence electrons. The van der Waals surface area contributed by atoms with Crippen molar-refractivity contribution in [3.63, 3.8) is 0 Å². The van der Waals surface area contributed by atoms with E-state index < -0.39 is 0 Å². The Bertz CT molecular complexity index is 457. The van der Waals surface area contributed by atoms with Gasteiger partial charge in [0.05, 0.1) is 5.69 Å². The largest absolute Gasteiger partial charge is 0.262 e. The van der Waals surface area contributed by atoms with Gasteiger partial charge in [-0.3, -0.25) is 10.1 Å². The molecule has 2 heterocycles. The molecule has 0 spiro atoms. The van der Waals surface area contributed by atoms with Crippen molar-refractivity contribution >= 4 is 23.4 Å². The van der Waals surface area contributed by atoms with Crippen LogP contribution in [0.4, 0.5) is 0 Å². The molecular weight excluding hydrogens is 232 g/mol. The summed E-state index contributed by atoms with van der Waals surface area (Å²) in [7, 11) is 0. The number of thioether (sulfide) groups is 1. The Kier molecular flexibility index (Phi) is 3.23. The maximum absolute atomic E-state index is 5.84. The highest BCUT2D eigenvalue weighted by molar-refractivity contribution is 7.98. The van der Waals surface area contributed by atoms with E-state index in [4.69, 9.17) is 11.6 Å². The molecule has 0 aromatic carbocycles. The lowest BCUT2D eigenvalue weighted by molar-refractivity contribution is 0.968. The van der Waals surface area contributed by atoms with Crippen molar-refractivity contribution in [1.82, 2.24) is 20.2 Å². The zero-order valence-electron chi connectivity index (χ0n) is 8.07. The van der Waals surface area contributed by atoms with E-state index in [1.165, 1.54) is 11.8 Å². The number of aromatic amines is 1. The quantitative estimate of drug-likeness (QED) is 0.838. The van der Waals surface area contributed by atoms with Crippen molar-refractivity contribution in [3.05, 3.63) is 34.9 Å². The fraction of sp³-hybridized carbons (Fsp3) is 0.222. The van der Waals surface area contributed by atoms with E-state index in [1.807, 2.05) is 13.0 Å². The maximum atomic E-state index is 5.84. The van der Waals surface area contributed by atoms with Crippen LogP contribution in [0.15, 0.2) is 23.5 Å². The van der Waals surface area contributed by atoms with Crippen molar-refractivity contribution in [2.24, 2.45) is 0 Å². The van der Waals surface area contributed by atoms with Crippen LogP contribution in [0.1, 0.15) is 11.5 Å². The van der Waals surface area contributed by atoms with Crippen LogP contribution < -0.4 is 0 Å². The van der Waals surface area contributed by atoms with Crippen molar-refractivity contribution in [2.45, 2.75) is 17.8 Å². The Balaban J connectivity index is 1.99. The topological polar surface area (TPSA) is 54.5 Å². The van der Waals surface area contributed by atoms with Crippen LogP contribution in [0.2, 0.25) is 5.02 Å². The summed E-state index contributed by atoms with van der Waals surface area (Å²) < 4.78 is 0.